The molecule has 0 aromatic rings. The number of nitrogens with zero attached hydrogens (tertiary/aromatic N) is 2. The summed E-state index contributed by atoms with van der Waals surface area (Å²) in [6.45, 7) is 17.2. The van der Waals surface area contributed by atoms with Crippen LogP contribution in [0.2, 0.25) is 0 Å². The summed E-state index contributed by atoms with van der Waals surface area (Å²) in [6.07, 6.45) is 8.38. The zero-order chi connectivity index (χ0) is 26.2. The lowest BCUT2D eigenvalue weighted by Gasteiger charge is -2.34. The van der Waals surface area contributed by atoms with Gasteiger partial charge in [0.15, 0.2) is 0 Å². The summed E-state index contributed by atoms with van der Waals surface area (Å²) in [4.78, 5) is 4.63. The van der Waals surface area contributed by atoms with Gasteiger partial charge < -0.3 is 19.6 Å². The number of hydrogen-bond acceptors (Lipinski definition) is 4. The highest BCUT2D eigenvalue weighted by atomic mass is 19.3. The third-order valence-electron chi connectivity index (χ3n) is 8.16. The summed E-state index contributed by atoms with van der Waals surface area (Å²) < 4.78 is 32.2. The van der Waals surface area contributed by atoms with E-state index in [0.29, 0.717) is 25.0 Å². The second-order valence-corrected chi connectivity index (χ2v) is 11.1. The third kappa shape index (κ3) is 8.38. The maximum absolute atomic E-state index is 13.2. The maximum Gasteiger partial charge on any atom is 0.254 e. The van der Waals surface area contributed by atoms with Crippen LogP contribution in [0.1, 0.15) is 99.8 Å². The highest BCUT2D eigenvalue weighted by Crippen LogP contribution is 2.66. The van der Waals surface area contributed by atoms with Crippen LogP contribution in [-0.2, 0) is 4.74 Å². The van der Waals surface area contributed by atoms with E-state index in [4.69, 9.17) is 4.74 Å². The van der Waals surface area contributed by atoms with Crippen LogP contribution in [0.4, 0.5) is 8.78 Å². The van der Waals surface area contributed by atoms with Gasteiger partial charge in [-0.25, -0.2) is 8.78 Å². The van der Waals surface area contributed by atoms with Crippen LogP contribution < -0.4 is 0 Å². The predicted octanol–water partition coefficient (Wildman–Crippen LogP) is 6.46. The fourth-order valence-corrected chi connectivity index (χ4v) is 5.77. The molecular formula is C28H56F2N2O2. The van der Waals surface area contributed by atoms with E-state index in [9.17, 15) is 13.9 Å². The summed E-state index contributed by atoms with van der Waals surface area (Å²) in [5.41, 5.74) is -0.518. The minimum atomic E-state index is -2.38. The molecule has 34 heavy (non-hydrogen) atoms. The molecule has 0 aromatic carbocycles. The van der Waals surface area contributed by atoms with Crippen LogP contribution in [-0.4, -0.2) is 79.4 Å². The predicted molar refractivity (Wildman–Crippen MR) is 140 cm³/mol. The normalized spacial score (nSPS) is 28.8. The van der Waals surface area contributed by atoms with Crippen molar-refractivity contribution < 1.29 is 18.6 Å². The van der Waals surface area contributed by atoms with E-state index in [1.807, 2.05) is 27.7 Å². The molecule has 1 aliphatic heterocycles. The van der Waals surface area contributed by atoms with Gasteiger partial charge in [-0.05, 0) is 86.5 Å². The first kappa shape index (κ1) is 31.7. The Kier molecular flexibility index (Phi) is 12.9. The van der Waals surface area contributed by atoms with Gasteiger partial charge in [0.25, 0.3) is 5.92 Å². The van der Waals surface area contributed by atoms with Crippen LogP contribution >= 0.6 is 0 Å². The van der Waals surface area contributed by atoms with E-state index in [0.717, 1.165) is 44.4 Å². The van der Waals surface area contributed by atoms with Crippen LogP contribution in [0.25, 0.3) is 0 Å². The monoisotopic (exact) mass is 490 g/mol. The Morgan fingerprint density at radius 2 is 1.50 bits per heavy atom. The number of halogens is 2. The van der Waals surface area contributed by atoms with E-state index in [1.54, 1.807) is 0 Å². The molecule has 3 saturated carbocycles. The molecule has 4 rings (SSSR count). The molecular weight excluding hydrogens is 434 g/mol. The number of hydrogen-bond donors (Lipinski definition) is 1. The largest absolute Gasteiger partial charge is 0.396 e. The fraction of sp³-hybridized carbons (Fsp3) is 1.00. The van der Waals surface area contributed by atoms with Crippen molar-refractivity contribution in [2.24, 2.45) is 16.7 Å². The van der Waals surface area contributed by atoms with Crippen LogP contribution in [0.5, 0.6) is 0 Å². The molecule has 0 bridgehead atoms. The Bertz CT molecular complexity index is 559. The summed E-state index contributed by atoms with van der Waals surface area (Å²) >= 11 is 0. The van der Waals surface area contributed by atoms with Crippen molar-refractivity contribution in [3.8, 4) is 0 Å². The average Bonchev–Trinajstić information content (AvgIpc) is 3.59. The molecule has 0 amide bonds. The quantitative estimate of drug-likeness (QED) is 0.444. The molecule has 3 atom stereocenters. The van der Waals surface area contributed by atoms with Gasteiger partial charge in [0.2, 0.25) is 0 Å². The number of aliphatic hydroxyl groups excluding tert-OH is 1. The molecule has 4 fully saturated rings. The molecule has 0 aromatic heterocycles. The second-order valence-electron chi connectivity index (χ2n) is 11.1. The Morgan fingerprint density at radius 3 is 1.88 bits per heavy atom. The lowest BCUT2D eigenvalue weighted by atomic mass is 9.92. The van der Waals surface area contributed by atoms with E-state index >= 15 is 0 Å². The highest BCUT2D eigenvalue weighted by molar-refractivity contribution is 5.12. The smallest absolute Gasteiger partial charge is 0.254 e. The van der Waals surface area contributed by atoms with Crippen molar-refractivity contribution in [2.75, 3.05) is 40.3 Å². The first-order valence-corrected chi connectivity index (χ1v) is 14.1. The maximum atomic E-state index is 13.2. The van der Waals surface area contributed by atoms with Crippen molar-refractivity contribution in [1.29, 1.82) is 0 Å². The third-order valence-corrected chi connectivity index (χ3v) is 8.16. The molecule has 3 aliphatic carbocycles. The molecule has 1 N–H and O–H groups in total. The van der Waals surface area contributed by atoms with Crippen molar-refractivity contribution in [2.45, 2.75) is 124 Å². The lowest BCUT2D eigenvalue weighted by Crippen LogP contribution is -2.40. The number of aliphatic hydroxyl groups is 1. The highest BCUT2D eigenvalue weighted by Gasteiger charge is 2.70. The molecule has 4 nitrogen and oxygen atoms in total. The summed E-state index contributed by atoms with van der Waals surface area (Å²) in [5.74, 6) is -1.65. The summed E-state index contributed by atoms with van der Waals surface area (Å²) in [6, 6.07) is 0.726. The molecule has 204 valence electrons. The Balaban J connectivity index is 0.000000300. The lowest BCUT2D eigenvalue weighted by molar-refractivity contribution is -0.0286. The Hall–Kier alpha value is -0.300. The molecule has 1 saturated heterocycles. The molecule has 1 heterocycles. The number of likely N-dealkylation sites (tertiary alicyclic amines) is 1. The first-order chi connectivity index (χ1) is 16.0. The Morgan fingerprint density at radius 1 is 0.971 bits per heavy atom. The van der Waals surface area contributed by atoms with E-state index in [-0.39, 0.29) is 18.4 Å². The van der Waals surface area contributed by atoms with Crippen LogP contribution in [0, 0.1) is 16.7 Å². The van der Waals surface area contributed by atoms with E-state index < -0.39 is 11.3 Å². The average molecular weight is 491 g/mol. The number of ether oxygens (including phenoxy) is 1. The Labute approximate surface area is 209 Å². The van der Waals surface area contributed by atoms with Gasteiger partial charge in [-0.2, -0.15) is 0 Å². The van der Waals surface area contributed by atoms with Crippen molar-refractivity contribution >= 4 is 0 Å². The van der Waals surface area contributed by atoms with Crippen LogP contribution in [0.15, 0.2) is 0 Å². The zero-order valence-corrected chi connectivity index (χ0v) is 23.8. The zero-order valence-electron chi connectivity index (χ0n) is 23.8. The van der Waals surface area contributed by atoms with Gasteiger partial charge in [-0.1, -0.05) is 34.1 Å². The van der Waals surface area contributed by atoms with Gasteiger partial charge in [-0.3, -0.25) is 0 Å². The number of rotatable bonds is 7. The first-order valence-electron chi connectivity index (χ1n) is 14.1. The topological polar surface area (TPSA) is 35.9 Å². The van der Waals surface area contributed by atoms with Gasteiger partial charge >= 0.3 is 0 Å². The minimum Gasteiger partial charge on any atom is -0.396 e. The van der Waals surface area contributed by atoms with Gasteiger partial charge in [0.1, 0.15) is 0 Å². The van der Waals surface area contributed by atoms with Gasteiger partial charge in [-0.15, -0.1) is 0 Å². The van der Waals surface area contributed by atoms with E-state index in [2.05, 4.69) is 44.7 Å². The second kappa shape index (κ2) is 13.9. The summed E-state index contributed by atoms with van der Waals surface area (Å²) in [5, 5.41) is 9.24. The number of piperidine rings is 1. The molecule has 0 unspecified atom stereocenters. The minimum absolute atomic E-state index is 0.110. The van der Waals surface area contributed by atoms with Crippen molar-refractivity contribution in [1.82, 2.24) is 9.80 Å². The van der Waals surface area contributed by atoms with Gasteiger partial charge in [0.05, 0.1) is 12.2 Å². The fourth-order valence-electron chi connectivity index (χ4n) is 5.77. The van der Waals surface area contributed by atoms with Gasteiger partial charge in [0, 0.05) is 42.4 Å². The number of alkyl halides is 2. The standard InChI is InChI=1S/C12H19F2NO.C12H25NO.2C2H6/c13-12(14)7-11(12)3-5-15(6-4-11)8-10(9-16)1-2-10;1-9(2)14-10(3)11-7-6-8-12(11)13(4)5;2*1-2/h16H,1-9H2;9-12H,6-8H2,1-5H3;2*1-2H3/t;10-,11-,12-;;/m.0../s1. The molecule has 0 radical (unpaired) electrons. The van der Waals surface area contributed by atoms with Crippen LogP contribution in [0.3, 0.4) is 0 Å². The van der Waals surface area contributed by atoms with Crippen molar-refractivity contribution in [3.63, 3.8) is 0 Å². The molecule has 4 aliphatic rings. The molecule has 1 spiro atoms. The van der Waals surface area contributed by atoms with Crippen molar-refractivity contribution in [3.05, 3.63) is 0 Å². The summed E-state index contributed by atoms with van der Waals surface area (Å²) in [7, 11) is 4.37. The SMILES string of the molecule is CC.CC.CC(C)O[C@@H](C)[C@@H]1CCC[C@@H]1N(C)C.OCC1(CN2CCC3(CC2)CC3(F)F)CC1. The van der Waals surface area contributed by atoms with E-state index in [1.165, 1.54) is 19.3 Å². The molecule has 6 heteroatoms.